The van der Waals surface area contributed by atoms with Gasteiger partial charge in [0.05, 0.1) is 18.5 Å². The van der Waals surface area contributed by atoms with E-state index in [0.717, 1.165) is 5.56 Å². The molecule has 0 aliphatic carbocycles. The van der Waals surface area contributed by atoms with Gasteiger partial charge in [0.25, 0.3) is 5.91 Å². The summed E-state index contributed by atoms with van der Waals surface area (Å²) in [6, 6.07) is 6.68. The maximum Gasteiger partial charge on any atom is 0.305 e. The van der Waals surface area contributed by atoms with E-state index in [4.69, 9.17) is 5.11 Å². The van der Waals surface area contributed by atoms with Crippen LogP contribution in [0.15, 0.2) is 30.3 Å². The number of aliphatic carboxylic acids is 1. The number of hydrazine groups is 1. The highest BCUT2D eigenvalue weighted by Gasteiger charge is 2.44. The van der Waals surface area contributed by atoms with E-state index < -0.39 is 36.4 Å². The summed E-state index contributed by atoms with van der Waals surface area (Å²) in [5, 5.41) is 17.0. The molecule has 0 spiro atoms. The Bertz CT molecular complexity index is 846. The van der Waals surface area contributed by atoms with Crippen LogP contribution in [0.25, 0.3) is 0 Å². The maximum atomic E-state index is 13.3. The highest BCUT2D eigenvalue weighted by Crippen LogP contribution is 2.25. The highest BCUT2D eigenvalue weighted by atomic mass is 16.4. The van der Waals surface area contributed by atoms with Gasteiger partial charge in [-0.05, 0) is 24.8 Å². The summed E-state index contributed by atoms with van der Waals surface area (Å²) >= 11 is 0. The monoisotopic (exact) mass is 430 g/mol. The Labute approximate surface area is 179 Å². The fourth-order valence-corrected chi connectivity index (χ4v) is 3.90. The molecule has 166 valence electrons. The zero-order chi connectivity index (χ0) is 22.4. The van der Waals surface area contributed by atoms with Crippen LogP contribution in [-0.4, -0.2) is 69.8 Å². The number of nitrogens with zero attached hydrogens (tertiary/aromatic N) is 2. The molecular weight excluding hydrogens is 404 g/mol. The summed E-state index contributed by atoms with van der Waals surface area (Å²) in [7, 11) is 0. The topological polar surface area (TPSA) is 136 Å². The molecule has 2 aliphatic heterocycles. The molecule has 0 aromatic heterocycles. The summed E-state index contributed by atoms with van der Waals surface area (Å²) in [5.74, 6) is -2.50. The maximum absolute atomic E-state index is 13.3. The van der Waals surface area contributed by atoms with Crippen LogP contribution in [0.1, 0.15) is 37.7 Å². The predicted molar refractivity (Wildman–Crippen MR) is 108 cm³/mol. The van der Waals surface area contributed by atoms with Crippen LogP contribution < -0.4 is 10.6 Å². The van der Waals surface area contributed by atoms with Gasteiger partial charge in [-0.3, -0.25) is 24.2 Å². The van der Waals surface area contributed by atoms with E-state index in [9.17, 15) is 24.0 Å². The molecule has 2 saturated heterocycles. The highest BCUT2D eigenvalue weighted by molar-refractivity contribution is 5.94. The van der Waals surface area contributed by atoms with Crippen molar-refractivity contribution in [2.75, 3.05) is 6.54 Å². The van der Waals surface area contributed by atoms with Gasteiger partial charge < -0.3 is 20.5 Å². The first kappa shape index (κ1) is 22.4. The molecule has 3 amide bonds. The lowest BCUT2D eigenvalue weighted by molar-refractivity contribution is -0.176. The quantitative estimate of drug-likeness (QED) is 0.487. The van der Waals surface area contributed by atoms with Gasteiger partial charge in [0, 0.05) is 19.5 Å². The normalized spacial score (nSPS) is 22.3. The van der Waals surface area contributed by atoms with E-state index >= 15 is 0 Å². The van der Waals surface area contributed by atoms with Crippen molar-refractivity contribution in [2.45, 2.75) is 56.8 Å². The molecule has 0 saturated carbocycles. The summed E-state index contributed by atoms with van der Waals surface area (Å²) in [6.45, 7) is 0.758. The van der Waals surface area contributed by atoms with Gasteiger partial charge in [-0.15, -0.1) is 0 Å². The van der Waals surface area contributed by atoms with Crippen LogP contribution in [0.2, 0.25) is 0 Å². The number of nitrogens with one attached hydrogen (secondary N) is 2. The van der Waals surface area contributed by atoms with Crippen LogP contribution in [0.4, 0.5) is 0 Å². The number of rotatable bonds is 8. The number of hydrogen-bond acceptors (Lipinski definition) is 6. The van der Waals surface area contributed by atoms with Gasteiger partial charge in [-0.1, -0.05) is 30.3 Å². The second-order valence-corrected chi connectivity index (χ2v) is 7.66. The molecule has 10 heteroatoms. The smallest absolute Gasteiger partial charge is 0.305 e. The molecule has 0 radical (unpaired) electrons. The fraction of sp³-hybridized carbons (Fsp3) is 0.476. The number of hydrogen-bond donors (Lipinski definition) is 3. The van der Waals surface area contributed by atoms with E-state index in [1.165, 1.54) is 10.0 Å². The SMILES string of the molecule is O=CC(CC(=O)O)NC(=O)C1CCCN2C(=O)CCC(NCc3ccccc3)C(=O)N12. The van der Waals surface area contributed by atoms with Crippen molar-refractivity contribution in [2.24, 2.45) is 0 Å². The first-order chi connectivity index (χ1) is 14.9. The minimum Gasteiger partial charge on any atom is -0.481 e. The number of fused-ring (bicyclic) bond motifs is 1. The van der Waals surface area contributed by atoms with E-state index in [2.05, 4.69) is 10.6 Å². The summed E-state index contributed by atoms with van der Waals surface area (Å²) in [5.41, 5.74) is 0.984. The lowest BCUT2D eigenvalue weighted by Crippen LogP contribution is -2.64. The van der Waals surface area contributed by atoms with Crippen molar-refractivity contribution < 1.29 is 29.1 Å². The van der Waals surface area contributed by atoms with Gasteiger partial charge in [0.1, 0.15) is 12.3 Å². The van der Waals surface area contributed by atoms with Crippen molar-refractivity contribution in [1.82, 2.24) is 20.7 Å². The van der Waals surface area contributed by atoms with Crippen LogP contribution in [-0.2, 0) is 30.5 Å². The van der Waals surface area contributed by atoms with E-state index in [-0.39, 0.29) is 18.2 Å². The molecule has 3 rings (SSSR count). The Kier molecular flexibility index (Phi) is 7.35. The molecule has 3 atom stereocenters. The number of carboxylic acid groups (broad SMARTS) is 1. The van der Waals surface area contributed by atoms with Crippen molar-refractivity contribution in [3.8, 4) is 0 Å². The average Bonchev–Trinajstić information content (AvgIpc) is 2.89. The number of carbonyl (C=O) groups excluding carboxylic acids is 4. The van der Waals surface area contributed by atoms with Gasteiger partial charge in [0.2, 0.25) is 11.8 Å². The molecule has 2 aliphatic rings. The van der Waals surface area contributed by atoms with Crippen molar-refractivity contribution in [1.29, 1.82) is 0 Å². The number of aldehydes is 1. The first-order valence-corrected chi connectivity index (χ1v) is 10.3. The van der Waals surface area contributed by atoms with Crippen molar-refractivity contribution >= 4 is 30.0 Å². The van der Waals surface area contributed by atoms with Crippen molar-refractivity contribution in [3.63, 3.8) is 0 Å². The molecule has 1 aromatic carbocycles. The average molecular weight is 430 g/mol. The van der Waals surface area contributed by atoms with E-state index in [1.54, 1.807) is 0 Å². The van der Waals surface area contributed by atoms with Gasteiger partial charge in [-0.25, -0.2) is 5.01 Å². The molecule has 3 N–H and O–H groups in total. The zero-order valence-electron chi connectivity index (χ0n) is 17.0. The molecular formula is C21H26N4O6. The fourth-order valence-electron chi connectivity index (χ4n) is 3.90. The second kappa shape index (κ2) is 10.2. The van der Waals surface area contributed by atoms with E-state index in [1.807, 2.05) is 30.3 Å². The number of benzene rings is 1. The molecule has 0 bridgehead atoms. The molecule has 2 fully saturated rings. The van der Waals surface area contributed by atoms with Crippen LogP contribution in [0, 0.1) is 0 Å². The van der Waals surface area contributed by atoms with Gasteiger partial charge in [0.15, 0.2) is 0 Å². The number of carboxylic acids is 1. The third kappa shape index (κ3) is 5.46. The molecule has 2 heterocycles. The van der Waals surface area contributed by atoms with Crippen LogP contribution in [0.5, 0.6) is 0 Å². The van der Waals surface area contributed by atoms with Crippen molar-refractivity contribution in [3.05, 3.63) is 35.9 Å². The minimum absolute atomic E-state index is 0.166. The Morgan fingerprint density at radius 3 is 2.61 bits per heavy atom. The predicted octanol–water partition coefficient (Wildman–Crippen LogP) is -0.168. The number of amides is 3. The summed E-state index contributed by atoms with van der Waals surface area (Å²) < 4.78 is 0. The van der Waals surface area contributed by atoms with Crippen LogP contribution in [0.3, 0.4) is 0 Å². The summed E-state index contributed by atoms with van der Waals surface area (Å²) in [6.07, 6.45) is 1.10. The zero-order valence-corrected chi connectivity index (χ0v) is 17.0. The standard InChI is InChI=1S/C21H26N4O6/c26-13-15(11-19(28)29)23-20(30)17-7-4-10-24-18(27)9-8-16(21(31)25(17)24)22-12-14-5-2-1-3-6-14/h1-3,5-6,13,15-17,22H,4,7-12H2,(H,23,30)(H,28,29). The van der Waals surface area contributed by atoms with E-state index in [0.29, 0.717) is 38.6 Å². The molecule has 10 nitrogen and oxygen atoms in total. The Morgan fingerprint density at radius 2 is 1.94 bits per heavy atom. The Balaban J connectivity index is 1.76. The first-order valence-electron chi connectivity index (χ1n) is 10.3. The second-order valence-electron chi connectivity index (χ2n) is 7.66. The molecule has 3 unspecified atom stereocenters. The molecule has 1 aromatic rings. The third-order valence-electron chi connectivity index (χ3n) is 5.45. The lowest BCUT2D eigenvalue weighted by Gasteiger charge is -2.43. The van der Waals surface area contributed by atoms with Gasteiger partial charge in [-0.2, -0.15) is 0 Å². The van der Waals surface area contributed by atoms with Gasteiger partial charge >= 0.3 is 5.97 Å². The summed E-state index contributed by atoms with van der Waals surface area (Å²) in [4.78, 5) is 60.8. The Hall–Kier alpha value is -3.27. The lowest BCUT2D eigenvalue weighted by atomic mass is 10.0. The molecule has 31 heavy (non-hydrogen) atoms. The Morgan fingerprint density at radius 1 is 1.19 bits per heavy atom. The number of carbonyl (C=O) groups is 5. The third-order valence-corrected chi connectivity index (χ3v) is 5.45. The minimum atomic E-state index is -1.23. The van der Waals surface area contributed by atoms with Crippen LogP contribution >= 0.6 is 0 Å². The largest absolute Gasteiger partial charge is 0.481 e.